The lowest BCUT2D eigenvalue weighted by Crippen LogP contribution is -2.39. The Labute approximate surface area is 149 Å². The molecule has 1 amide bonds. The largest absolute Gasteiger partial charge is 0.339 e. The smallest absolute Gasteiger partial charge is 0.255 e. The number of hydrogen-bond acceptors (Lipinski definition) is 7. The van der Waals surface area contributed by atoms with Gasteiger partial charge in [-0.2, -0.15) is 4.98 Å². The molecule has 3 aromatic heterocycles. The van der Waals surface area contributed by atoms with Crippen LogP contribution in [0, 0.1) is 0 Å². The van der Waals surface area contributed by atoms with Crippen molar-refractivity contribution in [3.05, 3.63) is 29.5 Å². The lowest BCUT2D eigenvalue weighted by molar-refractivity contribution is 0.0703. The van der Waals surface area contributed by atoms with Gasteiger partial charge in [0.15, 0.2) is 11.5 Å². The highest BCUT2D eigenvalue weighted by Gasteiger charge is 2.33. The molecule has 5 rings (SSSR count). The number of carbonyl (C=O) groups is 1. The first-order valence-corrected chi connectivity index (χ1v) is 8.97. The van der Waals surface area contributed by atoms with E-state index < -0.39 is 0 Å². The van der Waals surface area contributed by atoms with Crippen LogP contribution in [-0.2, 0) is 7.05 Å². The summed E-state index contributed by atoms with van der Waals surface area (Å²) in [5.74, 6) is 2.01. The maximum Gasteiger partial charge on any atom is 0.255 e. The molecule has 3 aromatic rings. The molecule has 1 atom stereocenters. The Kier molecular flexibility index (Phi) is 3.47. The van der Waals surface area contributed by atoms with E-state index in [9.17, 15) is 4.79 Å². The van der Waals surface area contributed by atoms with Gasteiger partial charge >= 0.3 is 0 Å². The summed E-state index contributed by atoms with van der Waals surface area (Å²) in [6.45, 7) is 1.32. The van der Waals surface area contributed by atoms with Gasteiger partial charge < -0.3 is 9.42 Å². The number of hydrogen-bond donors (Lipinski definition) is 0. The van der Waals surface area contributed by atoms with Gasteiger partial charge in [-0.15, -0.1) is 5.10 Å². The molecule has 2 fully saturated rings. The molecule has 26 heavy (non-hydrogen) atoms. The average Bonchev–Trinajstić information content (AvgIpc) is 3.29. The van der Waals surface area contributed by atoms with Crippen molar-refractivity contribution >= 4 is 17.1 Å². The molecule has 1 aliphatic carbocycles. The number of piperidine rings is 1. The Morgan fingerprint density at radius 1 is 1.27 bits per heavy atom. The highest BCUT2D eigenvalue weighted by Crippen LogP contribution is 2.39. The van der Waals surface area contributed by atoms with E-state index in [0.29, 0.717) is 29.2 Å². The Bertz CT molecular complexity index is 975. The quantitative estimate of drug-likeness (QED) is 0.705. The van der Waals surface area contributed by atoms with Crippen LogP contribution < -0.4 is 0 Å². The molecule has 9 heteroatoms. The molecular weight excluding hydrogens is 334 g/mol. The topological polar surface area (TPSA) is 103 Å². The Balaban J connectivity index is 1.35. The van der Waals surface area contributed by atoms with E-state index in [1.807, 2.05) is 4.90 Å². The third-order valence-electron chi connectivity index (χ3n) is 5.15. The summed E-state index contributed by atoms with van der Waals surface area (Å²) in [5, 5.41) is 12.1. The van der Waals surface area contributed by atoms with Gasteiger partial charge in [0.2, 0.25) is 5.89 Å². The van der Waals surface area contributed by atoms with Crippen LogP contribution in [0.1, 0.15) is 59.6 Å². The van der Waals surface area contributed by atoms with Crippen LogP contribution in [0.15, 0.2) is 16.8 Å². The van der Waals surface area contributed by atoms with Crippen LogP contribution in [0.5, 0.6) is 0 Å². The molecule has 0 bridgehead atoms. The van der Waals surface area contributed by atoms with Crippen molar-refractivity contribution in [3.8, 4) is 0 Å². The van der Waals surface area contributed by atoms with E-state index in [1.54, 1.807) is 24.0 Å². The Morgan fingerprint density at radius 3 is 3.00 bits per heavy atom. The van der Waals surface area contributed by atoms with Crippen LogP contribution in [0.3, 0.4) is 0 Å². The molecule has 0 aromatic carbocycles. The van der Waals surface area contributed by atoms with Crippen molar-refractivity contribution < 1.29 is 9.32 Å². The lowest BCUT2D eigenvalue weighted by Gasteiger charge is -2.31. The van der Waals surface area contributed by atoms with E-state index in [4.69, 9.17) is 4.52 Å². The molecular formula is C17H19N7O2. The third kappa shape index (κ3) is 2.63. The summed E-state index contributed by atoms with van der Waals surface area (Å²) in [6, 6.07) is 1.75. The molecule has 4 heterocycles. The number of pyridine rings is 1. The van der Waals surface area contributed by atoms with Gasteiger partial charge in [0.1, 0.15) is 5.52 Å². The number of nitrogens with zero attached hydrogens (tertiary/aromatic N) is 7. The van der Waals surface area contributed by atoms with Crippen LogP contribution in [0.2, 0.25) is 0 Å². The van der Waals surface area contributed by atoms with E-state index >= 15 is 0 Å². The maximum absolute atomic E-state index is 12.9. The standard InChI is InChI=1S/C17H19N7O2/c1-23-15-13(20-22-23)7-12(8-18-15)17(25)24-6-2-3-11(9-24)14-19-16(26-21-14)10-4-5-10/h7-8,10-11H,2-6,9H2,1H3. The van der Waals surface area contributed by atoms with Gasteiger partial charge in [0, 0.05) is 38.2 Å². The molecule has 1 aliphatic heterocycles. The van der Waals surface area contributed by atoms with E-state index in [1.165, 1.54) is 0 Å². The first kappa shape index (κ1) is 15.4. The SMILES string of the molecule is Cn1nnc2cc(C(=O)N3CCCC(c4noc(C5CC5)n4)C3)cnc21. The van der Waals surface area contributed by atoms with Crippen LogP contribution in [0.25, 0.3) is 11.2 Å². The molecule has 1 saturated carbocycles. The van der Waals surface area contributed by atoms with E-state index in [-0.39, 0.29) is 11.8 Å². The Hall–Kier alpha value is -2.84. The number of rotatable bonds is 3. The van der Waals surface area contributed by atoms with E-state index in [0.717, 1.165) is 43.9 Å². The van der Waals surface area contributed by atoms with Gasteiger partial charge in [-0.1, -0.05) is 10.4 Å². The van der Waals surface area contributed by atoms with Gasteiger partial charge in [0.05, 0.1) is 5.56 Å². The summed E-state index contributed by atoms with van der Waals surface area (Å²) in [7, 11) is 1.78. The summed E-state index contributed by atoms with van der Waals surface area (Å²) < 4.78 is 6.97. The molecule has 0 spiro atoms. The number of aryl methyl sites for hydroxylation is 1. The predicted molar refractivity (Wildman–Crippen MR) is 90.5 cm³/mol. The van der Waals surface area contributed by atoms with Crippen LogP contribution in [0.4, 0.5) is 0 Å². The van der Waals surface area contributed by atoms with Crippen molar-refractivity contribution in [2.24, 2.45) is 7.05 Å². The normalized spacial score (nSPS) is 20.7. The maximum atomic E-state index is 12.9. The van der Waals surface area contributed by atoms with Crippen LogP contribution in [-0.4, -0.2) is 54.0 Å². The molecule has 134 valence electrons. The lowest BCUT2D eigenvalue weighted by atomic mass is 9.97. The molecule has 0 radical (unpaired) electrons. The number of aromatic nitrogens is 6. The monoisotopic (exact) mass is 353 g/mol. The summed E-state index contributed by atoms with van der Waals surface area (Å²) in [5.41, 5.74) is 1.82. The predicted octanol–water partition coefficient (Wildman–Crippen LogP) is 1.64. The number of likely N-dealkylation sites (tertiary alicyclic amines) is 1. The fraction of sp³-hybridized carbons (Fsp3) is 0.529. The molecule has 1 unspecified atom stereocenters. The zero-order valence-electron chi connectivity index (χ0n) is 14.5. The first-order chi connectivity index (χ1) is 12.7. The van der Waals surface area contributed by atoms with Crippen molar-refractivity contribution in [1.82, 2.24) is 35.0 Å². The first-order valence-electron chi connectivity index (χ1n) is 8.97. The molecule has 9 nitrogen and oxygen atoms in total. The van der Waals surface area contributed by atoms with Gasteiger partial charge in [0.25, 0.3) is 5.91 Å². The van der Waals surface area contributed by atoms with Gasteiger partial charge in [-0.05, 0) is 31.7 Å². The summed E-state index contributed by atoms with van der Waals surface area (Å²) in [4.78, 5) is 23.6. The van der Waals surface area contributed by atoms with Crippen molar-refractivity contribution in [2.45, 2.75) is 37.5 Å². The van der Waals surface area contributed by atoms with Gasteiger partial charge in [-0.25, -0.2) is 9.67 Å². The summed E-state index contributed by atoms with van der Waals surface area (Å²) >= 11 is 0. The minimum absolute atomic E-state index is 0.0411. The third-order valence-corrected chi connectivity index (χ3v) is 5.15. The Morgan fingerprint density at radius 2 is 2.15 bits per heavy atom. The number of amides is 1. The van der Waals surface area contributed by atoms with Crippen molar-refractivity contribution in [2.75, 3.05) is 13.1 Å². The second-order valence-corrected chi connectivity index (χ2v) is 7.14. The van der Waals surface area contributed by atoms with Crippen molar-refractivity contribution in [3.63, 3.8) is 0 Å². The van der Waals surface area contributed by atoms with E-state index in [2.05, 4.69) is 25.4 Å². The average molecular weight is 353 g/mol. The highest BCUT2D eigenvalue weighted by atomic mass is 16.5. The van der Waals surface area contributed by atoms with Crippen molar-refractivity contribution in [1.29, 1.82) is 0 Å². The molecule has 2 aliphatic rings. The fourth-order valence-corrected chi connectivity index (χ4v) is 3.51. The second-order valence-electron chi connectivity index (χ2n) is 7.14. The minimum Gasteiger partial charge on any atom is -0.339 e. The molecule has 1 saturated heterocycles. The number of fused-ring (bicyclic) bond motifs is 1. The van der Waals surface area contributed by atoms with Crippen LogP contribution >= 0.6 is 0 Å². The highest BCUT2D eigenvalue weighted by molar-refractivity contribution is 5.96. The fourth-order valence-electron chi connectivity index (χ4n) is 3.51. The zero-order chi connectivity index (χ0) is 17.7. The van der Waals surface area contributed by atoms with Gasteiger partial charge in [-0.3, -0.25) is 4.79 Å². The second kappa shape index (κ2) is 5.86. The molecule has 0 N–H and O–H groups in total. The minimum atomic E-state index is -0.0411. The number of carbonyl (C=O) groups excluding carboxylic acids is 1. The summed E-state index contributed by atoms with van der Waals surface area (Å²) in [6.07, 6.45) is 5.75. The zero-order valence-corrected chi connectivity index (χ0v) is 14.5.